The average Bonchev–Trinajstić information content (AvgIpc) is 3.31. The zero-order valence-corrected chi connectivity index (χ0v) is 16.7. The number of methoxy groups -OCH3 is 1. The van der Waals surface area contributed by atoms with E-state index in [9.17, 15) is 9.18 Å². The van der Waals surface area contributed by atoms with Crippen molar-refractivity contribution in [1.29, 1.82) is 0 Å². The van der Waals surface area contributed by atoms with Crippen molar-refractivity contribution in [3.63, 3.8) is 0 Å². The molecule has 0 radical (unpaired) electrons. The van der Waals surface area contributed by atoms with Crippen molar-refractivity contribution >= 4 is 35.0 Å². The summed E-state index contributed by atoms with van der Waals surface area (Å²) in [5.74, 6) is 1.76. The minimum atomic E-state index is -0.389. The second kappa shape index (κ2) is 8.38. The Morgan fingerprint density at radius 1 is 1.07 bits per heavy atom. The lowest BCUT2D eigenvalue weighted by atomic mass is 10.2. The molecule has 2 aromatic carbocycles. The summed E-state index contributed by atoms with van der Waals surface area (Å²) in [4.78, 5) is 14.0. The van der Waals surface area contributed by atoms with Gasteiger partial charge in [-0.2, -0.15) is 0 Å². The van der Waals surface area contributed by atoms with Gasteiger partial charge in [0.15, 0.2) is 5.11 Å². The predicted octanol–water partition coefficient (Wildman–Crippen LogP) is 4.27. The highest BCUT2D eigenvalue weighted by Crippen LogP contribution is 2.24. The van der Waals surface area contributed by atoms with Gasteiger partial charge in [-0.3, -0.25) is 9.69 Å². The van der Waals surface area contributed by atoms with Gasteiger partial charge < -0.3 is 19.2 Å². The smallest absolute Gasteiger partial charge is 0.281 e. The number of thiocarbonyl (C=S) groups is 1. The van der Waals surface area contributed by atoms with Crippen LogP contribution in [0.5, 0.6) is 11.5 Å². The maximum Gasteiger partial charge on any atom is 0.281 e. The molecule has 152 valence electrons. The summed E-state index contributed by atoms with van der Waals surface area (Å²) in [6.07, 6.45) is 1.56. The SMILES string of the molecule is COc1ccc(OCc2ccc(/C=C3/NC(=S)N(c4ccc(F)cc4)C3=O)o2)cc1. The highest BCUT2D eigenvalue weighted by atomic mass is 32.1. The molecule has 0 atom stereocenters. The van der Waals surface area contributed by atoms with Crippen molar-refractivity contribution in [2.75, 3.05) is 12.0 Å². The molecule has 2 heterocycles. The third kappa shape index (κ3) is 4.18. The topological polar surface area (TPSA) is 63.9 Å². The maximum atomic E-state index is 13.1. The normalized spacial score (nSPS) is 14.9. The first-order valence-electron chi connectivity index (χ1n) is 9.02. The Labute approximate surface area is 177 Å². The molecular formula is C22H17FN2O4S. The van der Waals surface area contributed by atoms with E-state index < -0.39 is 0 Å². The number of nitrogens with zero attached hydrogens (tertiary/aromatic N) is 1. The van der Waals surface area contributed by atoms with Gasteiger partial charge in [-0.25, -0.2) is 4.39 Å². The Bertz CT molecular complexity index is 1110. The molecule has 0 bridgehead atoms. The number of nitrogens with one attached hydrogen (secondary N) is 1. The zero-order valence-electron chi connectivity index (χ0n) is 15.9. The molecule has 4 rings (SSSR count). The number of hydrogen-bond acceptors (Lipinski definition) is 5. The second-order valence-corrected chi connectivity index (χ2v) is 6.76. The molecule has 0 spiro atoms. The molecule has 0 aliphatic carbocycles. The molecule has 1 amide bonds. The highest BCUT2D eigenvalue weighted by molar-refractivity contribution is 7.80. The van der Waals surface area contributed by atoms with Crippen LogP contribution in [0.2, 0.25) is 0 Å². The summed E-state index contributed by atoms with van der Waals surface area (Å²) in [5, 5.41) is 3.08. The van der Waals surface area contributed by atoms with Gasteiger partial charge in [0.25, 0.3) is 5.91 Å². The summed E-state index contributed by atoms with van der Waals surface area (Å²) >= 11 is 5.24. The number of benzene rings is 2. The van der Waals surface area contributed by atoms with Gasteiger partial charge in [0, 0.05) is 6.08 Å². The second-order valence-electron chi connectivity index (χ2n) is 6.37. The Kier molecular flexibility index (Phi) is 5.49. The molecule has 30 heavy (non-hydrogen) atoms. The van der Waals surface area contributed by atoms with Crippen LogP contribution >= 0.6 is 12.2 Å². The van der Waals surface area contributed by atoms with Crippen LogP contribution in [-0.2, 0) is 11.4 Å². The summed E-state index contributed by atoms with van der Waals surface area (Å²) in [5.41, 5.74) is 0.747. The minimum absolute atomic E-state index is 0.215. The third-order valence-corrected chi connectivity index (χ3v) is 4.66. The van der Waals surface area contributed by atoms with E-state index in [4.69, 9.17) is 26.1 Å². The Balaban J connectivity index is 1.43. The molecule has 1 N–H and O–H groups in total. The summed E-state index contributed by atoms with van der Waals surface area (Å²) < 4.78 is 29.7. The van der Waals surface area contributed by atoms with Crippen molar-refractivity contribution in [1.82, 2.24) is 5.32 Å². The summed E-state index contributed by atoms with van der Waals surface area (Å²) in [7, 11) is 1.60. The number of amides is 1. The predicted molar refractivity (Wildman–Crippen MR) is 114 cm³/mol. The number of anilines is 1. The average molecular weight is 424 g/mol. The molecule has 1 fully saturated rings. The van der Waals surface area contributed by atoms with Crippen molar-refractivity contribution < 1.29 is 23.1 Å². The van der Waals surface area contributed by atoms with E-state index in [2.05, 4.69) is 5.32 Å². The van der Waals surface area contributed by atoms with E-state index in [-0.39, 0.29) is 29.1 Å². The quantitative estimate of drug-likeness (QED) is 0.471. The minimum Gasteiger partial charge on any atom is -0.497 e. The largest absolute Gasteiger partial charge is 0.497 e. The van der Waals surface area contributed by atoms with Crippen LogP contribution < -0.4 is 19.7 Å². The molecule has 0 saturated carbocycles. The van der Waals surface area contributed by atoms with Crippen molar-refractivity contribution in [3.8, 4) is 11.5 Å². The number of rotatable bonds is 6. The maximum absolute atomic E-state index is 13.1. The molecule has 1 aliphatic rings. The lowest BCUT2D eigenvalue weighted by molar-refractivity contribution is -0.113. The number of furan rings is 1. The lowest BCUT2D eigenvalue weighted by Crippen LogP contribution is -2.30. The van der Waals surface area contributed by atoms with Crippen molar-refractivity contribution in [3.05, 3.63) is 83.7 Å². The number of carbonyl (C=O) groups is 1. The molecule has 0 unspecified atom stereocenters. The van der Waals surface area contributed by atoms with Gasteiger partial charge >= 0.3 is 0 Å². The Hall–Kier alpha value is -3.65. The van der Waals surface area contributed by atoms with E-state index in [1.807, 2.05) is 0 Å². The van der Waals surface area contributed by atoms with Gasteiger partial charge in [-0.05, 0) is 72.9 Å². The van der Waals surface area contributed by atoms with Crippen LogP contribution in [0.4, 0.5) is 10.1 Å². The zero-order chi connectivity index (χ0) is 21.1. The van der Waals surface area contributed by atoms with Crippen LogP contribution in [0, 0.1) is 5.82 Å². The van der Waals surface area contributed by atoms with Crippen LogP contribution in [0.15, 0.2) is 70.8 Å². The first kappa shape index (κ1) is 19.7. The first-order chi connectivity index (χ1) is 14.5. The highest BCUT2D eigenvalue weighted by Gasteiger charge is 2.32. The standard InChI is InChI=1S/C22H17FN2O4S/c1-27-16-6-8-17(9-7-16)28-13-19-11-10-18(29-19)12-20-21(26)25(22(30)24-20)15-4-2-14(23)3-5-15/h2-12H,13H2,1H3,(H,24,30)/b20-12+. The van der Waals surface area contributed by atoms with E-state index in [0.717, 1.165) is 5.75 Å². The van der Waals surface area contributed by atoms with E-state index in [1.165, 1.54) is 29.2 Å². The molecule has 3 aromatic rings. The molecule has 1 saturated heterocycles. The van der Waals surface area contributed by atoms with Gasteiger partial charge in [0.2, 0.25) is 0 Å². The molecule has 1 aromatic heterocycles. The Morgan fingerprint density at radius 3 is 2.47 bits per heavy atom. The van der Waals surface area contributed by atoms with E-state index in [0.29, 0.717) is 23.0 Å². The number of ether oxygens (including phenoxy) is 2. The van der Waals surface area contributed by atoms with E-state index in [1.54, 1.807) is 49.6 Å². The molecule has 1 aliphatic heterocycles. The van der Waals surface area contributed by atoms with E-state index >= 15 is 0 Å². The monoisotopic (exact) mass is 424 g/mol. The van der Waals surface area contributed by atoms with Gasteiger partial charge in [0.1, 0.15) is 41.1 Å². The third-order valence-electron chi connectivity index (χ3n) is 4.37. The summed E-state index contributed by atoms with van der Waals surface area (Å²) in [6, 6.07) is 16.2. The van der Waals surface area contributed by atoms with Crippen molar-refractivity contribution in [2.45, 2.75) is 6.61 Å². The fourth-order valence-electron chi connectivity index (χ4n) is 2.88. The van der Waals surface area contributed by atoms with Gasteiger partial charge in [-0.1, -0.05) is 0 Å². The van der Waals surface area contributed by atoms with Gasteiger partial charge in [0.05, 0.1) is 12.8 Å². The van der Waals surface area contributed by atoms with Crippen LogP contribution in [0.3, 0.4) is 0 Å². The first-order valence-corrected chi connectivity index (χ1v) is 9.42. The Morgan fingerprint density at radius 2 is 1.77 bits per heavy atom. The van der Waals surface area contributed by atoms with Crippen LogP contribution in [0.25, 0.3) is 6.08 Å². The molecule has 8 heteroatoms. The fraction of sp³-hybridized carbons (Fsp3) is 0.0909. The van der Waals surface area contributed by atoms with Crippen LogP contribution in [0.1, 0.15) is 11.5 Å². The van der Waals surface area contributed by atoms with Crippen molar-refractivity contribution in [2.24, 2.45) is 0 Å². The molecular weight excluding hydrogens is 407 g/mol. The fourth-order valence-corrected chi connectivity index (χ4v) is 3.18. The number of hydrogen-bond donors (Lipinski definition) is 1. The number of halogens is 1. The van der Waals surface area contributed by atoms with Gasteiger partial charge in [-0.15, -0.1) is 0 Å². The number of carbonyl (C=O) groups excluding carboxylic acids is 1. The summed E-state index contributed by atoms with van der Waals surface area (Å²) in [6.45, 7) is 0.233. The lowest BCUT2D eigenvalue weighted by Gasteiger charge is -2.13. The van der Waals surface area contributed by atoms with Crippen LogP contribution in [-0.4, -0.2) is 18.1 Å². The molecule has 6 nitrogen and oxygen atoms in total.